The summed E-state index contributed by atoms with van der Waals surface area (Å²) in [5.41, 5.74) is 0.886. The fourth-order valence-electron chi connectivity index (χ4n) is 4.10. The number of benzene rings is 1. The molecule has 218 valence electrons. The number of hydrogen-bond acceptors (Lipinski definition) is 9. The molecule has 0 spiro atoms. The normalized spacial score (nSPS) is 14.0. The fourth-order valence-corrected chi connectivity index (χ4v) is 4.33. The standard InChI is InChI=1S/C25H29ClN8O7/c1-4-40-25(37)31-11-9-30(10-12-31)24(36)17(3)33-14-21(16(2)28-33)27-23(35)20-7-8-32(29-20)15-41-22-6-5-18(34(38)39)13-19(22)26/h5-8,13-14,17H,4,9-12,15H2,1-3H3,(H,27,35). The molecule has 1 unspecified atom stereocenters. The van der Waals surface area contributed by atoms with Gasteiger partial charge in [0.1, 0.15) is 11.8 Å². The lowest BCUT2D eigenvalue weighted by Gasteiger charge is -2.35. The highest BCUT2D eigenvalue weighted by Gasteiger charge is 2.29. The number of non-ortho nitro benzene ring substituents is 1. The van der Waals surface area contributed by atoms with E-state index in [-0.39, 0.29) is 40.9 Å². The van der Waals surface area contributed by atoms with Crippen molar-refractivity contribution in [3.8, 4) is 5.75 Å². The lowest BCUT2D eigenvalue weighted by molar-refractivity contribution is -0.384. The van der Waals surface area contributed by atoms with E-state index in [0.29, 0.717) is 44.2 Å². The van der Waals surface area contributed by atoms with Crippen LogP contribution in [-0.2, 0) is 16.3 Å². The number of nitro groups is 1. The van der Waals surface area contributed by atoms with Gasteiger partial charge in [0, 0.05) is 50.7 Å². The van der Waals surface area contributed by atoms with E-state index in [9.17, 15) is 24.5 Å². The molecule has 3 aromatic rings. The molecule has 15 nitrogen and oxygen atoms in total. The first-order chi connectivity index (χ1) is 19.6. The summed E-state index contributed by atoms with van der Waals surface area (Å²) < 4.78 is 13.4. The first-order valence-electron chi connectivity index (χ1n) is 12.7. The average molecular weight is 589 g/mol. The van der Waals surface area contributed by atoms with E-state index in [1.54, 1.807) is 36.8 Å². The van der Waals surface area contributed by atoms with E-state index in [1.807, 2.05) is 0 Å². The van der Waals surface area contributed by atoms with E-state index in [0.717, 1.165) is 0 Å². The van der Waals surface area contributed by atoms with Gasteiger partial charge in [0.15, 0.2) is 12.4 Å². The minimum Gasteiger partial charge on any atom is -0.470 e. The van der Waals surface area contributed by atoms with Gasteiger partial charge in [-0.05, 0) is 32.9 Å². The van der Waals surface area contributed by atoms with Crippen LogP contribution in [0.15, 0.2) is 36.7 Å². The molecule has 0 radical (unpaired) electrons. The molecule has 1 aromatic carbocycles. The van der Waals surface area contributed by atoms with Crippen LogP contribution in [-0.4, -0.2) is 85.0 Å². The second-order valence-corrected chi connectivity index (χ2v) is 9.54. The predicted octanol–water partition coefficient (Wildman–Crippen LogP) is 3.10. The van der Waals surface area contributed by atoms with Crippen LogP contribution in [0.2, 0.25) is 5.02 Å². The summed E-state index contributed by atoms with van der Waals surface area (Å²) in [5, 5.41) is 22.3. The number of amides is 3. The van der Waals surface area contributed by atoms with Crippen molar-refractivity contribution in [2.24, 2.45) is 0 Å². The summed E-state index contributed by atoms with van der Waals surface area (Å²) in [6.07, 6.45) is 2.73. The Kier molecular flexibility index (Phi) is 9.07. The van der Waals surface area contributed by atoms with Gasteiger partial charge in [-0.25, -0.2) is 9.48 Å². The van der Waals surface area contributed by atoms with Crippen LogP contribution in [0.25, 0.3) is 0 Å². The minimum atomic E-state index is -0.629. The van der Waals surface area contributed by atoms with Gasteiger partial charge in [0.2, 0.25) is 5.91 Å². The summed E-state index contributed by atoms with van der Waals surface area (Å²) in [7, 11) is 0. The zero-order chi connectivity index (χ0) is 29.7. The molecule has 1 atom stereocenters. The number of piperazine rings is 1. The van der Waals surface area contributed by atoms with Crippen LogP contribution in [0.1, 0.15) is 36.1 Å². The molecular weight excluding hydrogens is 560 g/mol. The summed E-state index contributed by atoms with van der Waals surface area (Å²) in [6.45, 7) is 6.91. The number of halogens is 1. The lowest BCUT2D eigenvalue weighted by atomic mass is 10.2. The molecular formula is C25H29ClN8O7. The number of nitro benzene ring substituents is 1. The largest absolute Gasteiger partial charge is 0.470 e. The zero-order valence-electron chi connectivity index (χ0n) is 22.7. The Morgan fingerprint density at radius 1 is 1.15 bits per heavy atom. The Labute approximate surface area is 239 Å². The third-order valence-corrected chi connectivity index (χ3v) is 6.68. The Morgan fingerprint density at radius 2 is 1.85 bits per heavy atom. The number of ether oxygens (including phenoxy) is 2. The first-order valence-corrected chi connectivity index (χ1v) is 13.1. The Balaban J connectivity index is 1.32. The second kappa shape index (κ2) is 12.7. The third kappa shape index (κ3) is 6.92. The zero-order valence-corrected chi connectivity index (χ0v) is 23.4. The van der Waals surface area contributed by atoms with Crippen molar-refractivity contribution in [3.05, 3.63) is 63.2 Å². The molecule has 1 aliphatic heterocycles. The van der Waals surface area contributed by atoms with E-state index >= 15 is 0 Å². The molecule has 4 rings (SSSR count). The SMILES string of the molecule is CCOC(=O)N1CCN(C(=O)C(C)n2cc(NC(=O)c3ccn(COc4ccc([N+](=O)[O-])cc4Cl)n3)c(C)n2)CC1. The van der Waals surface area contributed by atoms with Crippen LogP contribution in [0, 0.1) is 17.0 Å². The first kappa shape index (κ1) is 29.3. The van der Waals surface area contributed by atoms with Crippen LogP contribution in [0.3, 0.4) is 0 Å². The number of aryl methyl sites for hydroxylation is 1. The molecule has 1 aliphatic rings. The number of hydrogen-bond donors (Lipinski definition) is 1. The molecule has 1 N–H and O–H groups in total. The highest BCUT2D eigenvalue weighted by atomic mass is 35.5. The molecule has 0 saturated carbocycles. The van der Waals surface area contributed by atoms with Crippen molar-refractivity contribution < 1.29 is 28.8 Å². The number of nitrogens with one attached hydrogen (secondary N) is 1. The predicted molar refractivity (Wildman–Crippen MR) is 146 cm³/mol. The number of nitrogens with zero attached hydrogens (tertiary/aromatic N) is 7. The summed E-state index contributed by atoms with van der Waals surface area (Å²) >= 11 is 6.04. The quantitative estimate of drug-likeness (QED) is 0.292. The molecule has 0 aliphatic carbocycles. The summed E-state index contributed by atoms with van der Waals surface area (Å²) in [4.78, 5) is 51.4. The van der Waals surface area contributed by atoms with Gasteiger partial charge >= 0.3 is 6.09 Å². The Morgan fingerprint density at radius 3 is 2.51 bits per heavy atom. The van der Waals surface area contributed by atoms with E-state index < -0.39 is 16.9 Å². The van der Waals surface area contributed by atoms with Crippen molar-refractivity contribution in [3.63, 3.8) is 0 Å². The van der Waals surface area contributed by atoms with Gasteiger partial charge in [-0.15, -0.1) is 0 Å². The van der Waals surface area contributed by atoms with Gasteiger partial charge < -0.3 is 24.6 Å². The van der Waals surface area contributed by atoms with Gasteiger partial charge in [0.25, 0.3) is 11.6 Å². The van der Waals surface area contributed by atoms with Crippen molar-refractivity contribution in [1.29, 1.82) is 0 Å². The number of aromatic nitrogens is 4. The third-order valence-electron chi connectivity index (χ3n) is 6.39. The second-order valence-electron chi connectivity index (χ2n) is 9.14. The topological polar surface area (TPSA) is 167 Å². The summed E-state index contributed by atoms with van der Waals surface area (Å²) in [6, 6.07) is 4.70. The smallest absolute Gasteiger partial charge is 0.409 e. The molecule has 16 heteroatoms. The highest BCUT2D eigenvalue weighted by Crippen LogP contribution is 2.29. The van der Waals surface area contributed by atoms with Crippen LogP contribution in [0.5, 0.6) is 5.75 Å². The maximum absolute atomic E-state index is 13.1. The number of anilines is 1. The Bertz CT molecular complexity index is 1450. The monoisotopic (exact) mass is 588 g/mol. The maximum Gasteiger partial charge on any atom is 0.409 e. The van der Waals surface area contributed by atoms with Gasteiger partial charge in [-0.2, -0.15) is 10.2 Å². The minimum absolute atomic E-state index is 0.0726. The molecule has 1 fully saturated rings. The molecule has 3 amide bonds. The Hall–Kier alpha value is -4.66. The number of carbonyl (C=O) groups is 3. The van der Waals surface area contributed by atoms with Crippen molar-refractivity contribution in [2.75, 3.05) is 38.1 Å². The van der Waals surface area contributed by atoms with Crippen LogP contribution < -0.4 is 10.1 Å². The molecule has 3 heterocycles. The molecule has 2 aromatic heterocycles. The van der Waals surface area contributed by atoms with Crippen molar-refractivity contribution >= 4 is 40.9 Å². The molecule has 0 bridgehead atoms. The molecule has 41 heavy (non-hydrogen) atoms. The van der Waals surface area contributed by atoms with Gasteiger partial charge in [-0.3, -0.25) is 24.4 Å². The van der Waals surface area contributed by atoms with Gasteiger partial charge in [-0.1, -0.05) is 11.6 Å². The maximum atomic E-state index is 13.1. The molecule has 1 saturated heterocycles. The fraction of sp³-hybridized carbons (Fsp3) is 0.400. The number of rotatable bonds is 9. The van der Waals surface area contributed by atoms with E-state index in [2.05, 4.69) is 15.5 Å². The number of carbonyl (C=O) groups excluding carboxylic acids is 3. The van der Waals surface area contributed by atoms with Crippen LogP contribution in [0.4, 0.5) is 16.2 Å². The highest BCUT2D eigenvalue weighted by molar-refractivity contribution is 6.32. The van der Waals surface area contributed by atoms with Crippen LogP contribution >= 0.6 is 11.6 Å². The van der Waals surface area contributed by atoms with Crippen molar-refractivity contribution in [1.82, 2.24) is 29.4 Å². The van der Waals surface area contributed by atoms with E-state index in [1.165, 1.54) is 39.8 Å². The lowest BCUT2D eigenvalue weighted by Crippen LogP contribution is -2.52. The average Bonchev–Trinajstić information content (AvgIpc) is 3.58. The van der Waals surface area contributed by atoms with Crippen molar-refractivity contribution in [2.45, 2.75) is 33.5 Å². The summed E-state index contributed by atoms with van der Waals surface area (Å²) in [5.74, 6) is -0.416. The van der Waals surface area contributed by atoms with E-state index in [4.69, 9.17) is 21.1 Å². The van der Waals surface area contributed by atoms with Gasteiger partial charge in [0.05, 0.1) is 27.9 Å².